The summed E-state index contributed by atoms with van der Waals surface area (Å²) in [5, 5.41) is 3.02. The molecule has 0 unspecified atom stereocenters. The Morgan fingerprint density at radius 3 is 2.40 bits per heavy atom. The quantitative estimate of drug-likeness (QED) is 0.451. The molecule has 0 aromatic rings. The van der Waals surface area contributed by atoms with Crippen LogP contribution in [-0.2, 0) is 0 Å². The van der Waals surface area contributed by atoms with E-state index in [9.17, 15) is 0 Å². The molecule has 5 heavy (non-hydrogen) atoms. The van der Waals surface area contributed by atoms with Gasteiger partial charge in [0.05, 0.1) is 0 Å². The highest BCUT2D eigenvalue weighted by molar-refractivity contribution is 6.31. The summed E-state index contributed by atoms with van der Waals surface area (Å²) in [7, 11) is 3.10. The van der Waals surface area contributed by atoms with Crippen LogP contribution in [0, 0.1) is 0 Å². The van der Waals surface area contributed by atoms with Crippen LogP contribution in [0.4, 0.5) is 0 Å². The molecule has 1 radical (unpaired) electrons. The third kappa shape index (κ3) is 4.02. The van der Waals surface area contributed by atoms with Crippen molar-refractivity contribution in [1.82, 2.24) is 5.23 Å². The van der Waals surface area contributed by atoms with Gasteiger partial charge in [-0.05, 0) is 0 Å². The standard InChI is InChI=1S/C3H10BN/c1-3-4-5-2/h4-5H,3H2,1-2H3/q-1. The summed E-state index contributed by atoms with van der Waals surface area (Å²) in [5.74, 6) is 0. The highest BCUT2D eigenvalue weighted by Crippen LogP contribution is 1.61. The lowest BCUT2D eigenvalue weighted by Crippen LogP contribution is -2.09. The second kappa shape index (κ2) is 4.02. The van der Waals surface area contributed by atoms with Gasteiger partial charge in [0.2, 0.25) is 0 Å². The average Bonchev–Trinajstić information content (AvgIpc) is 1.41. The first-order chi connectivity index (χ1) is 2.41. The largest absolute Gasteiger partial charge is 0.525 e. The Balaban J connectivity index is 2.19. The van der Waals surface area contributed by atoms with Crippen molar-refractivity contribution in [3.8, 4) is 0 Å². The highest BCUT2D eigenvalue weighted by atomic mass is 14.7. The van der Waals surface area contributed by atoms with Gasteiger partial charge in [0.1, 0.15) is 0 Å². The van der Waals surface area contributed by atoms with Crippen LogP contribution in [-0.4, -0.2) is 14.5 Å². The molecule has 0 heterocycles. The number of nitrogens with one attached hydrogen (secondary N) is 1. The summed E-state index contributed by atoms with van der Waals surface area (Å²) < 4.78 is 0. The maximum Gasteiger partial charge on any atom is -0.0553 e. The van der Waals surface area contributed by atoms with E-state index in [1.807, 2.05) is 7.05 Å². The molecule has 0 aromatic carbocycles. The van der Waals surface area contributed by atoms with Crippen molar-refractivity contribution in [2.75, 3.05) is 7.05 Å². The molecule has 0 amide bonds. The van der Waals surface area contributed by atoms with Crippen molar-refractivity contribution >= 4 is 7.41 Å². The van der Waals surface area contributed by atoms with E-state index in [-0.39, 0.29) is 0 Å². The minimum Gasteiger partial charge on any atom is -0.525 e. The van der Waals surface area contributed by atoms with Gasteiger partial charge in [-0.15, -0.1) is 0 Å². The van der Waals surface area contributed by atoms with Crippen LogP contribution in [0.5, 0.6) is 0 Å². The van der Waals surface area contributed by atoms with Gasteiger partial charge in [-0.2, -0.15) is 6.32 Å². The van der Waals surface area contributed by atoms with E-state index in [0.29, 0.717) is 0 Å². The fraction of sp³-hybridized carbons (Fsp3) is 1.00. The van der Waals surface area contributed by atoms with E-state index in [1.54, 1.807) is 0 Å². The molecule has 0 atom stereocenters. The van der Waals surface area contributed by atoms with Gasteiger partial charge in [0.15, 0.2) is 0 Å². The molecule has 0 aliphatic rings. The van der Waals surface area contributed by atoms with Gasteiger partial charge < -0.3 is 5.23 Å². The maximum absolute atomic E-state index is 3.02. The minimum absolute atomic E-state index is 1.14. The zero-order valence-electron chi connectivity index (χ0n) is 3.91. The first kappa shape index (κ1) is 5.02. The van der Waals surface area contributed by atoms with E-state index < -0.39 is 0 Å². The first-order valence-corrected chi connectivity index (χ1v) is 2.06. The molecule has 0 saturated carbocycles. The molecule has 1 N–H and O–H groups in total. The van der Waals surface area contributed by atoms with Crippen LogP contribution in [0.2, 0.25) is 6.32 Å². The lowest BCUT2D eigenvalue weighted by Gasteiger charge is -1.97. The third-order valence-electron chi connectivity index (χ3n) is 0.500. The third-order valence-corrected chi connectivity index (χ3v) is 0.500. The molecular weight excluding hydrogens is 60.9 g/mol. The smallest absolute Gasteiger partial charge is 0.0553 e. The summed E-state index contributed by atoms with van der Waals surface area (Å²) in [6.45, 7) is 2.15. The molecule has 0 aliphatic heterocycles. The van der Waals surface area contributed by atoms with Crippen molar-refractivity contribution in [1.29, 1.82) is 0 Å². The van der Waals surface area contributed by atoms with Gasteiger partial charge in [-0.1, -0.05) is 21.4 Å². The lowest BCUT2D eigenvalue weighted by molar-refractivity contribution is 1.21. The van der Waals surface area contributed by atoms with E-state index >= 15 is 0 Å². The summed E-state index contributed by atoms with van der Waals surface area (Å²) in [4.78, 5) is 0. The monoisotopic (exact) mass is 71.1 g/mol. The Kier molecular flexibility index (Phi) is 4.05. The van der Waals surface area contributed by atoms with Gasteiger partial charge in [-0.25, -0.2) is 0 Å². The fourth-order valence-electron chi connectivity index (χ4n) is 0.250. The Labute approximate surface area is 34.0 Å². The molecule has 0 saturated heterocycles. The van der Waals surface area contributed by atoms with Crippen molar-refractivity contribution in [2.45, 2.75) is 13.2 Å². The number of rotatable bonds is 2. The predicted molar refractivity (Wildman–Crippen MR) is 26.7 cm³/mol. The normalized spacial score (nSPS) is 8.40. The van der Waals surface area contributed by atoms with Crippen molar-refractivity contribution in [3.05, 3.63) is 0 Å². The number of hydrogen-bond acceptors (Lipinski definition) is 1. The molecule has 31 valence electrons. The van der Waals surface area contributed by atoms with Crippen LogP contribution in [0.15, 0.2) is 0 Å². The lowest BCUT2D eigenvalue weighted by atomic mass is 9.92. The number of hydrogen-bond donors (Lipinski definition) is 1. The molecule has 0 bridgehead atoms. The van der Waals surface area contributed by atoms with E-state index in [1.165, 1.54) is 6.32 Å². The second-order valence-electron chi connectivity index (χ2n) is 1.10. The van der Waals surface area contributed by atoms with Gasteiger partial charge in [0.25, 0.3) is 0 Å². The van der Waals surface area contributed by atoms with E-state index in [0.717, 1.165) is 7.41 Å². The van der Waals surface area contributed by atoms with Crippen molar-refractivity contribution < 1.29 is 0 Å². The Morgan fingerprint density at radius 2 is 2.40 bits per heavy atom. The summed E-state index contributed by atoms with van der Waals surface area (Å²) in [6.07, 6.45) is 1.23. The van der Waals surface area contributed by atoms with E-state index in [4.69, 9.17) is 0 Å². The SMILES string of the molecule is CC[BH-]NC. The van der Waals surface area contributed by atoms with Crippen LogP contribution in [0.25, 0.3) is 0 Å². The summed E-state index contributed by atoms with van der Waals surface area (Å²) in [6, 6.07) is 0. The summed E-state index contributed by atoms with van der Waals surface area (Å²) in [5.41, 5.74) is 0. The molecule has 0 spiro atoms. The van der Waals surface area contributed by atoms with Crippen LogP contribution < -0.4 is 5.23 Å². The zero-order chi connectivity index (χ0) is 4.12. The van der Waals surface area contributed by atoms with Gasteiger partial charge in [0, 0.05) is 0 Å². The van der Waals surface area contributed by atoms with Gasteiger partial charge >= 0.3 is 0 Å². The second-order valence-corrected chi connectivity index (χ2v) is 1.10. The topological polar surface area (TPSA) is 12.0 Å². The Morgan fingerprint density at radius 1 is 1.80 bits per heavy atom. The molecule has 0 aliphatic carbocycles. The Hall–Kier alpha value is 0.0249. The van der Waals surface area contributed by atoms with Crippen LogP contribution in [0.1, 0.15) is 6.92 Å². The molecule has 2 heteroatoms. The highest BCUT2D eigenvalue weighted by Gasteiger charge is 1.53. The minimum atomic E-state index is 1.14. The maximum atomic E-state index is 3.02. The Bertz CT molecular complexity index is 14.4. The molecule has 0 rings (SSSR count). The van der Waals surface area contributed by atoms with Gasteiger partial charge in [-0.3, -0.25) is 0 Å². The molecular formula is C3H10BN-. The summed E-state index contributed by atoms with van der Waals surface area (Å²) >= 11 is 0. The average molecular weight is 70.9 g/mol. The van der Waals surface area contributed by atoms with Crippen LogP contribution >= 0.6 is 0 Å². The molecule has 0 aromatic heterocycles. The fourth-order valence-corrected chi connectivity index (χ4v) is 0.250. The van der Waals surface area contributed by atoms with Crippen LogP contribution in [0.3, 0.4) is 0 Å². The molecule has 0 fully saturated rings. The van der Waals surface area contributed by atoms with Crippen molar-refractivity contribution in [2.24, 2.45) is 0 Å². The van der Waals surface area contributed by atoms with E-state index in [2.05, 4.69) is 12.2 Å². The zero-order valence-corrected chi connectivity index (χ0v) is 3.91. The predicted octanol–water partition coefficient (Wildman–Crippen LogP) is -0.00450. The first-order valence-electron chi connectivity index (χ1n) is 2.06. The van der Waals surface area contributed by atoms with Crippen molar-refractivity contribution in [3.63, 3.8) is 0 Å². The molecule has 1 nitrogen and oxygen atoms in total.